The number of rotatable bonds is 1. The number of anilines is 1. The lowest BCUT2D eigenvalue weighted by Gasteiger charge is -2.32. The van der Waals surface area contributed by atoms with E-state index in [0.717, 1.165) is 12.8 Å². The third kappa shape index (κ3) is 1.87. The number of fused-ring (bicyclic) bond motifs is 1. The van der Waals surface area contributed by atoms with E-state index in [1.807, 2.05) is 0 Å². The predicted molar refractivity (Wildman–Crippen MR) is 75.0 cm³/mol. The number of amidine groups is 1. The molecule has 2 heterocycles. The number of aromatic hydroxyl groups is 1. The summed E-state index contributed by atoms with van der Waals surface area (Å²) >= 11 is 0. The van der Waals surface area contributed by atoms with Crippen LogP contribution in [0.15, 0.2) is 23.2 Å². The summed E-state index contributed by atoms with van der Waals surface area (Å²) < 4.78 is 0. The topological polar surface area (TPSA) is 106 Å². The lowest BCUT2D eigenvalue weighted by molar-refractivity contribution is -0.134. The smallest absolute Gasteiger partial charge is 0.294 e. The van der Waals surface area contributed by atoms with Gasteiger partial charge in [-0.15, -0.1) is 0 Å². The van der Waals surface area contributed by atoms with Crippen molar-refractivity contribution in [3.05, 3.63) is 18.2 Å². The fraction of sp³-hybridized carbons (Fsp3) is 0.308. The highest BCUT2D eigenvalue weighted by Crippen LogP contribution is 2.28. The minimum Gasteiger partial charge on any atom is -0.508 e. The number of nitrogens with zero attached hydrogens (tertiary/aromatic N) is 3. The van der Waals surface area contributed by atoms with Gasteiger partial charge in [0.2, 0.25) is 0 Å². The van der Waals surface area contributed by atoms with Crippen LogP contribution in [-0.2, 0) is 4.79 Å². The second-order valence-electron chi connectivity index (χ2n) is 4.81. The van der Waals surface area contributed by atoms with Gasteiger partial charge >= 0.3 is 0 Å². The molecule has 3 rings (SSSR count). The van der Waals surface area contributed by atoms with Crippen molar-refractivity contribution in [2.75, 3.05) is 18.8 Å². The molecule has 4 N–H and O–H groups in total. The Labute approximate surface area is 115 Å². The van der Waals surface area contributed by atoms with Crippen molar-refractivity contribution in [1.29, 1.82) is 5.41 Å². The van der Waals surface area contributed by atoms with Crippen molar-refractivity contribution in [1.82, 2.24) is 10.0 Å². The number of phenols is 1. The molecule has 2 saturated heterocycles. The van der Waals surface area contributed by atoms with E-state index < -0.39 is 0 Å². The van der Waals surface area contributed by atoms with Gasteiger partial charge in [0, 0.05) is 19.2 Å². The van der Waals surface area contributed by atoms with Crippen LogP contribution in [0.5, 0.6) is 5.75 Å². The number of hydrazine groups is 1. The van der Waals surface area contributed by atoms with Crippen LogP contribution in [0, 0.1) is 5.41 Å². The Morgan fingerprint density at radius 1 is 1.25 bits per heavy atom. The monoisotopic (exact) mass is 273 g/mol. The van der Waals surface area contributed by atoms with Crippen LogP contribution in [0.25, 0.3) is 0 Å². The van der Waals surface area contributed by atoms with Crippen LogP contribution in [0.3, 0.4) is 0 Å². The van der Waals surface area contributed by atoms with Crippen LogP contribution in [-0.4, -0.2) is 45.7 Å². The Morgan fingerprint density at radius 3 is 2.60 bits per heavy atom. The summed E-state index contributed by atoms with van der Waals surface area (Å²) in [5.74, 6) is -0.107. The first kappa shape index (κ1) is 12.5. The predicted octanol–water partition coefficient (Wildman–Crippen LogP) is 0.877. The minimum absolute atomic E-state index is 0.0421. The molecule has 1 aromatic carbocycles. The fourth-order valence-corrected chi connectivity index (χ4v) is 2.42. The maximum atomic E-state index is 12.3. The van der Waals surface area contributed by atoms with Gasteiger partial charge in [0.25, 0.3) is 5.91 Å². The van der Waals surface area contributed by atoms with E-state index in [9.17, 15) is 9.90 Å². The third-order valence-corrected chi connectivity index (χ3v) is 3.44. The number of amides is 1. The van der Waals surface area contributed by atoms with Gasteiger partial charge in [0.05, 0.1) is 11.4 Å². The zero-order valence-corrected chi connectivity index (χ0v) is 10.8. The van der Waals surface area contributed by atoms with E-state index in [1.54, 1.807) is 10.0 Å². The zero-order chi connectivity index (χ0) is 14.3. The average molecular weight is 273 g/mol. The Kier molecular flexibility index (Phi) is 2.81. The van der Waals surface area contributed by atoms with E-state index in [-0.39, 0.29) is 28.9 Å². The molecule has 1 aromatic rings. The Hall–Kier alpha value is -2.57. The first-order valence-electron chi connectivity index (χ1n) is 6.43. The number of aliphatic imine (C=N–C) groups is 1. The van der Waals surface area contributed by atoms with Crippen LogP contribution in [0.1, 0.15) is 12.8 Å². The van der Waals surface area contributed by atoms with Crippen molar-refractivity contribution in [2.24, 2.45) is 4.99 Å². The molecule has 104 valence electrons. The van der Waals surface area contributed by atoms with E-state index in [0.29, 0.717) is 18.8 Å². The van der Waals surface area contributed by atoms with E-state index in [4.69, 9.17) is 11.1 Å². The largest absolute Gasteiger partial charge is 0.508 e. The van der Waals surface area contributed by atoms with Crippen LogP contribution in [0.2, 0.25) is 0 Å². The Balaban J connectivity index is 1.98. The molecular weight excluding hydrogens is 258 g/mol. The SMILES string of the molecule is N=C1C(=Nc2ccc(O)cc2N)C(=O)N2CCCCN12. The number of benzene rings is 1. The van der Waals surface area contributed by atoms with Crippen LogP contribution in [0.4, 0.5) is 11.4 Å². The fourth-order valence-electron chi connectivity index (χ4n) is 2.42. The molecule has 7 nitrogen and oxygen atoms in total. The maximum absolute atomic E-state index is 12.3. The van der Waals surface area contributed by atoms with Gasteiger partial charge in [-0.1, -0.05) is 0 Å². The quantitative estimate of drug-likeness (QED) is 0.660. The molecule has 2 aliphatic heterocycles. The first-order valence-corrected chi connectivity index (χ1v) is 6.43. The third-order valence-electron chi connectivity index (χ3n) is 3.44. The molecule has 0 atom stereocenters. The second-order valence-corrected chi connectivity index (χ2v) is 4.81. The molecule has 0 unspecified atom stereocenters. The number of nitrogens with two attached hydrogens (primary N) is 1. The first-order chi connectivity index (χ1) is 9.58. The van der Waals surface area contributed by atoms with Crippen molar-refractivity contribution < 1.29 is 9.90 Å². The normalized spacial score (nSPS) is 20.7. The zero-order valence-electron chi connectivity index (χ0n) is 10.8. The van der Waals surface area contributed by atoms with Gasteiger partial charge in [0.1, 0.15) is 5.75 Å². The Bertz CT molecular complexity index is 599. The molecule has 2 aliphatic rings. The molecule has 20 heavy (non-hydrogen) atoms. The maximum Gasteiger partial charge on any atom is 0.294 e. The molecule has 0 saturated carbocycles. The minimum atomic E-state index is -0.262. The summed E-state index contributed by atoms with van der Waals surface area (Å²) in [5, 5.41) is 20.6. The lowest BCUT2D eigenvalue weighted by Crippen LogP contribution is -2.45. The number of carbonyl (C=O) groups excluding carboxylic acids is 1. The molecule has 7 heteroatoms. The highest BCUT2D eigenvalue weighted by Gasteiger charge is 2.40. The van der Waals surface area contributed by atoms with Gasteiger partial charge in [0.15, 0.2) is 11.5 Å². The van der Waals surface area contributed by atoms with Crippen molar-refractivity contribution in [2.45, 2.75) is 12.8 Å². The molecular formula is C13H15N5O2. The number of phenolic OH excluding ortho intramolecular Hbond substituents is 1. The molecule has 0 radical (unpaired) electrons. The standard InChI is InChI=1S/C13H15N5O2/c14-9-7-8(19)3-4-10(9)16-11-12(15)17-5-1-2-6-18(17)13(11)20/h3-4,7,15,19H,1-2,5-6,14H2. The summed E-state index contributed by atoms with van der Waals surface area (Å²) in [7, 11) is 0. The van der Waals surface area contributed by atoms with Crippen molar-refractivity contribution in [3.8, 4) is 5.75 Å². The highest BCUT2D eigenvalue weighted by atomic mass is 16.3. The van der Waals surface area contributed by atoms with E-state index in [1.165, 1.54) is 18.2 Å². The summed E-state index contributed by atoms with van der Waals surface area (Å²) in [6.45, 7) is 1.28. The average Bonchev–Trinajstić information content (AvgIpc) is 2.67. The number of hydrogen-bond acceptors (Lipinski definition) is 5. The summed E-state index contributed by atoms with van der Waals surface area (Å²) in [4.78, 5) is 16.5. The molecule has 1 amide bonds. The number of hydrogen-bond donors (Lipinski definition) is 3. The van der Waals surface area contributed by atoms with Gasteiger partial charge in [-0.2, -0.15) is 0 Å². The van der Waals surface area contributed by atoms with Gasteiger partial charge < -0.3 is 10.8 Å². The second kappa shape index (κ2) is 4.52. The van der Waals surface area contributed by atoms with Gasteiger partial charge in [-0.05, 0) is 25.0 Å². The molecule has 2 fully saturated rings. The summed E-state index contributed by atoms with van der Waals surface area (Å²) in [5.41, 5.74) is 6.52. The van der Waals surface area contributed by atoms with Crippen LogP contribution < -0.4 is 5.73 Å². The van der Waals surface area contributed by atoms with E-state index in [2.05, 4.69) is 4.99 Å². The number of carbonyl (C=O) groups is 1. The summed E-state index contributed by atoms with van der Waals surface area (Å²) in [6.07, 6.45) is 1.89. The molecule has 0 aromatic heterocycles. The number of nitrogen functional groups attached to an aromatic ring is 1. The Morgan fingerprint density at radius 2 is 1.95 bits per heavy atom. The van der Waals surface area contributed by atoms with Crippen molar-refractivity contribution >= 4 is 28.8 Å². The molecule has 0 spiro atoms. The molecule has 0 aliphatic carbocycles. The van der Waals surface area contributed by atoms with E-state index >= 15 is 0 Å². The lowest BCUT2D eigenvalue weighted by atomic mass is 10.2. The number of nitrogens with one attached hydrogen (secondary N) is 1. The van der Waals surface area contributed by atoms with Gasteiger partial charge in [-0.25, -0.2) is 10.0 Å². The molecule has 0 bridgehead atoms. The summed E-state index contributed by atoms with van der Waals surface area (Å²) in [6, 6.07) is 4.35. The van der Waals surface area contributed by atoms with Crippen LogP contribution >= 0.6 is 0 Å². The highest BCUT2D eigenvalue weighted by molar-refractivity contribution is 6.68. The van der Waals surface area contributed by atoms with Gasteiger partial charge in [-0.3, -0.25) is 15.2 Å². The van der Waals surface area contributed by atoms with Crippen molar-refractivity contribution in [3.63, 3.8) is 0 Å².